The topological polar surface area (TPSA) is 72.6 Å². The third kappa shape index (κ3) is 3.39. The van der Waals surface area contributed by atoms with Crippen molar-refractivity contribution < 1.29 is 14.8 Å². The average molecular weight is 243 g/mol. The summed E-state index contributed by atoms with van der Waals surface area (Å²) in [4.78, 5) is 10.3. The van der Waals surface area contributed by atoms with E-state index in [1.165, 1.54) is 12.1 Å². The number of thioether (sulfide) groups is 1. The Morgan fingerprint density at radius 3 is 2.88 bits per heavy atom. The summed E-state index contributed by atoms with van der Waals surface area (Å²) in [7, 11) is 0. The van der Waals surface area contributed by atoms with Gasteiger partial charge in [-0.3, -0.25) is 10.1 Å². The maximum absolute atomic E-state index is 10.8. The highest BCUT2D eigenvalue weighted by molar-refractivity contribution is 7.98. The Labute approximate surface area is 97.6 Å². The first-order valence-corrected chi connectivity index (χ1v) is 6.08. The van der Waals surface area contributed by atoms with Gasteiger partial charge in [0.25, 0.3) is 0 Å². The molecule has 6 heteroatoms. The number of rotatable bonds is 6. The van der Waals surface area contributed by atoms with E-state index >= 15 is 0 Å². The van der Waals surface area contributed by atoms with Crippen molar-refractivity contribution in [2.75, 3.05) is 18.6 Å². The standard InChI is InChI=1S/C10H13NO4S/c1-16-5-4-15-10-3-2-8(7-12)6-9(10)11(13)14/h2-3,6,12H,4-5,7H2,1H3. The number of nitro benzene ring substituents is 1. The Morgan fingerprint density at radius 2 is 2.31 bits per heavy atom. The minimum atomic E-state index is -0.506. The Balaban J connectivity index is 2.85. The van der Waals surface area contributed by atoms with E-state index in [1.54, 1.807) is 17.8 Å². The monoisotopic (exact) mass is 243 g/mol. The van der Waals surface area contributed by atoms with Crippen molar-refractivity contribution in [2.45, 2.75) is 6.61 Å². The van der Waals surface area contributed by atoms with Crippen molar-refractivity contribution in [3.05, 3.63) is 33.9 Å². The molecule has 0 aliphatic rings. The summed E-state index contributed by atoms with van der Waals surface area (Å²) >= 11 is 1.61. The first-order chi connectivity index (χ1) is 7.69. The van der Waals surface area contributed by atoms with Crippen LogP contribution in [0.2, 0.25) is 0 Å². The van der Waals surface area contributed by atoms with Crippen LogP contribution in [-0.4, -0.2) is 28.6 Å². The van der Waals surface area contributed by atoms with E-state index in [0.717, 1.165) is 5.75 Å². The Morgan fingerprint density at radius 1 is 1.56 bits per heavy atom. The lowest BCUT2D eigenvalue weighted by Gasteiger charge is -2.06. The molecule has 16 heavy (non-hydrogen) atoms. The molecule has 1 N–H and O–H groups in total. The molecule has 0 atom stereocenters. The van der Waals surface area contributed by atoms with Gasteiger partial charge in [0.1, 0.15) is 0 Å². The average Bonchev–Trinajstić information content (AvgIpc) is 2.29. The third-order valence-corrected chi connectivity index (χ3v) is 2.52. The van der Waals surface area contributed by atoms with Gasteiger partial charge in [0, 0.05) is 11.8 Å². The number of aliphatic hydroxyl groups excluding tert-OH is 1. The lowest BCUT2D eigenvalue weighted by atomic mass is 10.2. The van der Waals surface area contributed by atoms with Crippen LogP contribution in [0.4, 0.5) is 5.69 Å². The highest BCUT2D eigenvalue weighted by Gasteiger charge is 2.15. The van der Waals surface area contributed by atoms with Crippen LogP contribution < -0.4 is 4.74 Å². The summed E-state index contributed by atoms with van der Waals surface area (Å²) < 4.78 is 5.29. The normalized spacial score (nSPS) is 10.1. The molecule has 0 aliphatic carbocycles. The minimum absolute atomic E-state index is 0.104. The van der Waals surface area contributed by atoms with Gasteiger partial charge in [0.05, 0.1) is 18.1 Å². The quantitative estimate of drug-likeness (QED) is 0.469. The van der Waals surface area contributed by atoms with E-state index in [0.29, 0.717) is 12.2 Å². The van der Waals surface area contributed by atoms with E-state index in [-0.39, 0.29) is 18.0 Å². The second-order valence-electron chi connectivity index (χ2n) is 3.06. The number of benzene rings is 1. The smallest absolute Gasteiger partial charge is 0.311 e. The molecule has 0 aromatic heterocycles. The number of aliphatic hydroxyl groups is 1. The van der Waals surface area contributed by atoms with Gasteiger partial charge >= 0.3 is 5.69 Å². The fourth-order valence-electron chi connectivity index (χ4n) is 1.16. The maximum atomic E-state index is 10.8. The second-order valence-corrected chi connectivity index (χ2v) is 4.04. The van der Waals surface area contributed by atoms with Crippen LogP contribution in [0.5, 0.6) is 5.75 Å². The molecule has 0 bridgehead atoms. The molecule has 0 radical (unpaired) electrons. The molecule has 88 valence electrons. The van der Waals surface area contributed by atoms with E-state index < -0.39 is 4.92 Å². The van der Waals surface area contributed by atoms with Crippen molar-refractivity contribution >= 4 is 17.4 Å². The van der Waals surface area contributed by atoms with Crippen LogP contribution in [0.1, 0.15) is 5.56 Å². The Kier molecular flexibility index (Phi) is 5.07. The zero-order valence-electron chi connectivity index (χ0n) is 8.88. The summed E-state index contributed by atoms with van der Waals surface area (Å²) in [5, 5.41) is 19.6. The number of ether oxygens (including phenoxy) is 1. The zero-order chi connectivity index (χ0) is 12.0. The molecule has 0 fully saturated rings. The number of hydrogen-bond donors (Lipinski definition) is 1. The number of nitrogens with zero attached hydrogens (tertiary/aromatic N) is 1. The van der Waals surface area contributed by atoms with Gasteiger partial charge in [-0.25, -0.2) is 0 Å². The molecule has 0 saturated heterocycles. The largest absolute Gasteiger partial charge is 0.486 e. The van der Waals surface area contributed by atoms with Gasteiger partial charge in [-0.05, 0) is 17.9 Å². The van der Waals surface area contributed by atoms with Gasteiger partial charge in [-0.15, -0.1) is 0 Å². The maximum Gasteiger partial charge on any atom is 0.311 e. The molecule has 0 saturated carbocycles. The lowest BCUT2D eigenvalue weighted by Crippen LogP contribution is -2.03. The van der Waals surface area contributed by atoms with Crippen LogP contribution in [0.25, 0.3) is 0 Å². The summed E-state index contributed by atoms with van der Waals surface area (Å²) in [6.45, 7) is 0.215. The van der Waals surface area contributed by atoms with Gasteiger partial charge in [-0.1, -0.05) is 6.07 Å². The SMILES string of the molecule is CSCCOc1ccc(CO)cc1[N+](=O)[O-]. The van der Waals surface area contributed by atoms with E-state index in [1.807, 2.05) is 6.26 Å². The summed E-state index contributed by atoms with van der Waals surface area (Å²) in [5.41, 5.74) is 0.400. The fourth-order valence-corrected chi connectivity index (χ4v) is 1.41. The first-order valence-electron chi connectivity index (χ1n) is 4.69. The highest BCUT2D eigenvalue weighted by atomic mass is 32.2. The Bertz CT molecular complexity index is 370. The zero-order valence-corrected chi connectivity index (χ0v) is 9.70. The molecule has 0 amide bonds. The van der Waals surface area contributed by atoms with Gasteiger partial charge in [0.15, 0.2) is 5.75 Å². The molecule has 0 spiro atoms. The van der Waals surface area contributed by atoms with E-state index in [4.69, 9.17) is 9.84 Å². The molecule has 5 nitrogen and oxygen atoms in total. The van der Waals surface area contributed by atoms with Crippen molar-refractivity contribution in [2.24, 2.45) is 0 Å². The van der Waals surface area contributed by atoms with E-state index in [2.05, 4.69) is 0 Å². The van der Waals surface area contributed by atoms with Gasteiger partial charge in [-0.2, -0.15) is 11.8 Å². The number of nitro groups is 1. The molecule has 0 unspecified atom stereocenters. The van der Waals surface area contributed by atoms with Crippen molar-refractivity contribution in [1.29, 1.82) is 0 Å². The van der Waals surface area contributed by atoms with Crippen LogP contribution in [0.15, 0.2) is 18.2 Å². The second kappa shape index (κ2) is 6.34. The predicted octanol–water partition coefficient (Wildman–Crippen LogP) is 1.83. The van der Waals surface area contributed by atoms with Crippen LogP contribution in [0.3, 0.4) is 0 Å². The minimum Gasteiger partial charge on any atom is -0.486 e. The Hall–Kier alpha value is -1.27. The first kappa shape index (κ1) is 12.8. The summed E-state index contributed by atoms with van der Waals surface area (Å²) in [6.07, 6.45) is 1.94. The van der Waals surface area contributed by atoms with Gasteiger partial charge in [0.2, 0.25) is 0 Å². The predicted molar refractivity (Wildman–Crippen MR) is 62.9 cm³/mol. The molecule has 0 heterocycles. The molecule has 1 aromatic rings. The molecule has 1 aromatic carbocycles. The molecule has 1 rings (SSSR count). The van der Waals surface area contributed by atoms with E-state index in [9.17, 15) is 10.1 Å². The van der Waals surface area contributed by atoms with Crippen LogP contribution in [-0.2, 0) is 6.61 Å². The number of hydrogen-bond acceptors (Lipinski definition) is 5. The van der Waals surface area contributed by atoms with Crippen LogP contribution >= 0.6 is 11.8 Å². The molecular formula is C10H13NO4S. The fraction of sp³-hybridized carbons (Fsp3) is 0.400. The van der Waals surface area contributed by atoms with Crippen molar-refractivity contribution in [1.82, 2.24) is 0 Å². The summed E-state index contributed by atoms with van der Waals surface area (Å²) in [5.74, 6) is 1.02. The van der Waals surface area contributed by atoms with Crippen molar-refractivity contribution in [3.63, 3.8) is 0 Å². The lowest BCUT2D eigenvalue weighted by molar-refractivity contribution is -0.385. The third-order valence-electron chi connectivity index (χ3n) is 1.95. The van der Waals surface area contributed by atoms with Gasteiger partial charge < -0.3 is 9.84 Å². The summed E-state index contributed by atoms with van der Waals surface area (Å²) in [6, 6.07) is 4.46. The molecule has 0 aliphatic heterocycles. The van der Waals surface area contributed by atoms with Crippen LogP contribution in [0, 0.1) is 10.1 Å². The highest BCUT2D eigenvalue weighted by Crippen LogP contribution is 2.28. The molecular weight excluding hydrogens is 230 g/mol. The van der Waals surface area contributed by atoms with Crippen molar-refractivity contribution in [3.8, 4) is 5.75 Å².